The molecule has 1 saturated carbocycles. The first-order valence-electron chi connectivity index (χ1n) is 10.1. The number of nitrogens with zero attached hydrogens (tertiary/aromatic N) is 1. The Hall–Kier alpha value is -1.54. The lowest BCUT2D eigenvalue weighted by Gasteiger charge is -2.36. The van der Waals surface area contributed by atoms with Gasteiger partial charge in [-0.1, -0.05) is 45.9 Å². The third-order valence-electron chi connectivity index (χ3n) is 5.64. The number of fused-ring (bicyclic) bond motifs is 1. The Labute approximate surface area is 176 Å². The summed E-state index contributed by atoms with van der Waals surface area (Å²) in [5.41, 5.74) is 0.966. The summed E-state index contributed by atoms with van der Waals surface area (Å²) in [5, 5.41) is 0.334. The topological polar surface area (TPSA) is 86.5 Å². The fourth-order valence-electron chi connectivity index (χ4n) is 3.88. The van der Waals surface area contributed by atoms with Gasteiger partial charge in [0.2, 0.25) is 0 Å². The highest BCUT2D eigenvalue weighted by atomic mass is 32.2. The molecule has 0 spiro atoms. The van der Waals surface area contributed by atoms with Gasteiger partial charge in [-0.05, 0) is 48.8 Å². The molecular weight excluding hydrogens is 410 g/mol. The van der Waals surface area contributed by atoms with Crippen molar-refractivity contribution >= 4 is 38.7 Å². The van der Waals surface area contributed by atoms with Crippen LogP contribution in [0.15, 0.2) is 32.7 Å². The molecule has 1 heterocycles. The molecule has 0 radical (unpaired) electrons. The van der Waals surface area contributed by atoms with Crippen molar-refractivity contribution in [1.82, 2.24) is 4.98 Å². The van der Waals surface area contributed by atoms with E-state index >= 15 is 0 Å². The molecule has 1 fully saturated rings. The number of ether oxygens (including phenoxy) is 1. The van der Waals surface area contributed by atoms with Crippen LogP contribution < -0.4 is 0 Å². The van der Waals surface area contributed by atoms with Gasteiger partial charge in [-0.2, -0.15) is 0 Å². The monoisotopic (exact) mass is 439 g/mol. The molecule has 1 aromatic heterocycles. The van der Waals surface area contributed by atoms with E-state index in [1.807, 2.05) is 0 Å². The molecule has 0 bridgehead atoms. The molecule has 2 aromatic rings. The molecule has 0 amide bonds. The van der Waals surface area contributed by atoms with E-state index in [2.05, 4.69) is 25.8 Å². The number of hydrogen-bond acceptors (Lipinski definition) is 7. The number of thioether (sulfide) groups is 1. The quantitative estimate of drug-likeness (QED) is 0.456. The minimum atomic E-state index is -3.30. The predicted molar refractivity (Wildman–Crippen MR) is 114 cm³/mol. The fourth-order valence-corrected chi connectivity index (χ4v) is 5.40. The van der Waals surface area contributed by atoms with Crippen molar-refractivity contribution < 1.29 is 22.4 Å². The van der Waals surface area contributed by atoms with Gasteiger partial charge in [0.1, 0.15) is 17.4 Å². The molecule has 0 aliphatic heterocycles. The first-order chi connectivity index (χ1) is 13.7. The van der Waals surface area contributed by atoms with Gasteiger partial charge < -0.3 is 9.15 Å². The molecule has 1 aromatic carbocycles. The van der Waals surface area contributed by atoms with Crippen LogP contribution in [0.25, 0.3) is 11.1 Å². The average Bonchev–Trinajstić information content (AvgIpc) is 3.08. The van der Waals surface area contributed by atoms with Crippen molar-refractivity contribution in [3.63, 3.8) is 0 Å². The summed E-state index contributed by atoms with van der Waals surface area (Å²) in [5.74, 6) is 1.34. The number of rotatable bonds is 7. The molecule has 3 rings (SSSR count). The Morgan fingerprint density at radius 1 is 1.34 bits per heavy atom. The molecule has 3 atom stereocenters. The molecule has 29 heavy (non-hydrogen) atoms. The minimum absolute atomic E-state index is 0.0287. The van der Waals surface area contributed by atoms with Crippen molar-refractivity contribution in [2.45, 2.75) is 63.2 Å². The summed E-state index contributed by atoms with van der Waals surface area (Å²) in [6, 6.07) is 4.63. The fraction of sp³-hybridized carbons (Fsp3) is 0.619. The molecule has 6 nitrogen and oxygen atoms in total. The third-order valence-corrected chi connectivity index (χ3v) is 8.17. The van der Waals surface area contributed by atoms with E-state index in [0.717, 1.165) is 12.8 Å². The van der Waals surface area contributed by atoms with Gasteiger partial charge in [-0.25, -0.2) is 13.4 Å². The second-order valence-electron chi connectivity index (χ2n) is 8.16. The van der Waals surface area contributed by atoms with E-state index in [0.29, 0.717) is 34.1 Å². The maximum Gasteiger partial charge on any atom is 0.316 e. The lowest BCUT2D eigenvalue weighted by molar-refractivity contribution is -0.152. The normalized spacial score (nSPS) is 22.9. The first kappa shape index (κ1) is 22.2. The van der Waals surface area contributed by atoms with Gasteiger partial charge in [0, 0.05) is 0 Å². The molecule has 160 valence electrons. The lowest BCUT2D eigenvalue weighted by atomic mass is 9.75. The van der Waals surface area contributed by atoms with Crippen molar-refractivity contribution in [3.05, 3.63) is 18.2 Å². The van der Waals surface area contributed by atoms with Gasteiger partial charge in [-0.3, -0.25) is 4.79 Å². The summed E-state index contributed by atoms with van der Waals surface area (Å²) >= 11 is 1.17. The van der Waals surface area contributed by atoms with Crippen molar-refractivity contribution in [2.75, 3.05) is 11.5 Å². The van der Waals surface area contributed by atoms with E-state index in [1.165, 1.54) is 30.3 Å². The number of benzene rings is 1. The minimum Gasteiger partial charge on any atom is -0.461 e. The van der Waals surface area contributed by atoms with Crippen LogP contribution in [-0.4, -0.2) is 37.0 Å². The second-order valence-corrected chi connectivity index (χ2v) is 11.4. The maximum atomic E-state index is 12.4. The average molecular weight is 440 g/mol. The number of carbonyl (C=O) groups excluding carboxylic acids is 1. The van der Waals surface area contributed by atoms with Crippen LogP contribution >= 0.6 is 11.8 Å². The highest BCUT2D eigenvalue weighted by molar-refractivity contribution is 7.99. The SMILES string of the molecule is CCS(=O)(=O)c1ccc2oc(SCC(=O)OC3CC(C)CCC3C(C)C)nc2c1. The molecule has 3 unspecified atom stereocenters. The Kier molecular flexibility index (Phi) is 6.94. The van der Waals surface area contributed by atoms with Gasteiger partial charge in [0.25, 0.3) is 5.22 Å². The molecule has 1 aliphatic carbocycles. The summed E-state index contributed by atoms with van der Waals surface area (Å²) in [6.07, 6.45) is 3.16. The second kappa shape index (κ2) is 9.08. The number of esters is 1. The van der Waals surface area contributed by atoms with E-state index in [-0.39, 0.29) is 28.5 Å². The van der Waals surface area contributed by atoms with E-state index in [4.69, 9.17) is 9.15 Å². The zero-order valence-corrected chi connectivity index (χ0v) is 19.0. The van der Waals surface area contributed by atoms with Gasteiger partial charge >= 0.3 is 5.97 Å². The Morgan fingerprint density at radius 2 is 2.10 bits per heavy atom. The zero-order chi connectivity index (χ0) is 21.2. The molecular formula is C21H29NO5S2. The van der Waals surface area contributed by atoms with Crippen LogP contribution in [0.4, 0.5) is 0 Å². The van der Waals surface area contributed by atoms with Crippen molar-refractivity contribution in [2.24, 2.45) is 17.8 Å². The smallest absolute Gasteiger partial charge is 0.316 e. The van der Waals surface area contributed by atoms with Gasteiger partial charge in [-0.15, -0.1) is 0 Å². The predicted octanol–water partition coefficient (Wildman–Crippen LogP) is 4.72. The van der Waals surface area contributed by atoms with Crippen molar-refractivity contribution in [1.29, 1.82) is 0 Å². The highest BCUT2D eigenvalue weighted by Crippen LogP contribution is 2.35. The number of sulfone groups is 1. The summed E-state index contributed by atoms with van der Waals surface area (Å²) in [4.78, 5) is 17.0. The number of aromatic nitrogens is 1. The Morgan fingerprint density at radius 3 is 2.79 bits per heavy atom. The number of oxazole rings is 1. The highest BCUT2D eigenvalue weighted by Gasteiger charge is 2.33. The summed E-state index contributed by atoms with van der Waals surface area (Å²) < 4.78 is 35.5. The largest absolute Gasteiger partial charge is 0.461 e. The van der Waals surface area contributed by atoms with Crippen LogP contribution in [0.3, 0.4) is 0 Å². The number of carbonyl (C=O) groups is 1. The standard InChI is InChI=1S/C21H29NO5S2/c1-5-29(24,25)15-7-9-18-17(11-15)22-21(27-18)28-12-20(23)26-19-10-14(4)6-8-16(19)13(2)3/h7,9,11,13-14,16,19H,5-6,8,10,12H2,1-4H3. The van der Waals surface area contributed by atoms with Crippen molar-refractivity contribution in [3.8, 4) is 0 Å². The Balaban J connectivity index is 1.63. The van der Waals surface area contributed by atoms with Crippen LogP contribution in [-0.2, 0) is 19.4 Å². The maximum absolute atomic E-state index is 12.4. The Bertz CT molecular complexity index is 967. The summed E-state index contributed by atoms with van der Waals surface area (Å²) in [6.45, 7) is 8.17. The van der Waals surface area contributed by atoms with E-state index < -0.39 is 9.84 Å². The van der Waals surface area contributed by atoms with Gasteiger partial charge in [0.15, 0.2) is 15.4 Å². The summed E-state index contributed by atoms with van der Waals surface area (Å²) in [7, 11) is -3.30. The molecule has 1 aliphatic rings. The van der Waals surface area contributed by atoms with Crippen LogP contribution in [0.5, 0.6) is 0 Å². The van der Waals surface area contributed by atoms with Gasteiger partial charge in [0.05, 0.1) is 10.6 Å². The van der Waals surface area contributed by atoms with Crippen LogP contribution in [0.1, 0.15) is 47.0 Å². The first-order valence-corrected chi connectivity index (χ1v) is 12.8. The van der Waals surface area contributed by atoms with Crippen LogP contribution in [0.2, 0.25) is 0 Å². The zero-order valence-electron chi connectivity index (χ0n) is 17.4. The molecule has 8 heteroatoms. The lowest BCUT2D eigenvalue weighted by Crippen LogP contribution is -2.36. The molecule has 0 N–H and O–H groups in total. The third kappa shape index (κ3) is 5.34. The van der Waals surface area contributed by atoms with E-state index in [9.17, 15) is 13.2 Å². The van der Waals surface area contributed by atoms with E-state index in [1.54, 1.807) is 13.0 Å². The number of hydrogen-bond donors (Lipinski definition) is 0. The van der Waals surface area contributed by atoms with Crippen LogP contribution in [0, 0.1) is 17.8 Å². The molecule has 0 saturated heterocycles.